The fourth-order valence-electron chi connectivity index (χ4n) is 1.95. The number of nitrogens with one attached hydrogen (secondary N) is 1. The summed E-state index contributed by atoms with van der Waals surface area (Å²) in [4.78, 5) is 12.4. The zero-order valence-electron chi connectivity index (χ0n) is 10.3. The number of benzene rings is 1. The van der Waals surface area contributed by atoms with Gasteiger partial charge in [0.1, 0.15) is 6.10 Å². The molecule has 104 valence electrons. The van der Waals surface area contributed by atoms with E-state index in [1.165, 1.54) is 0 Å². The van der Waals surface area contributed by atoms with Gasteiger partial charge in [-0.05, 0) is 31.0 Å². The number of anilines is 1. The summed E-state index contributed by atoms with van der Waals surface area (Å²) in [7, 11) is 0. The van der Waals surface area contributed by atoms with Gasteiger partial charge in [0.05, 0.1) is 6.10 Å². The number of nitrogens with two attached hydrogens (primary N) is 2. The lowest BCUT2D eigenvalue weighted by Gasteiger charge is -2.13. The van der Waals surface area contributed by atoms with E-state index in [1.54, 1.807) is 11.8 Å². The quantitative estimate of drug-likeness (QED) is 0.254. The smallest absolute Gasteiger partial charge is 0.263 e. The Balaban J connectivity index is 1.85. The van der Waals surface area contributed by atoms with E-state index in [1.807, 2.05) is 18.2 Å². The molecule has 2 unspecified atom stereocenters. The van der Waals surface area contributed by atoms with Gasteiger partial charge in [0.25, 0.3) is 5.91 Å². The molecule has 0 saturated carbocycles. The maximum absolute atomic E-state index is 11.3. The first-order chi connectivity index (χ1) is 9.10. The van der Waals surface area contributed by atoms with Crippen LogP contribution in [0.1, 0.15) is 12.8 Å². The summed E-state index contributed by atoms with van der Waals surface area (Å²) in [5.41, 5.74) is 8.80. The van der Waals surface area contributed by atoms with Gasteiger partial charge >= 0.3 is 0 Å². The number of halogens is 1. The molecule has 1 heterocycles. The summed E-state index contributed by atoms with van der Waals surface area (Å²) in [5.74, 6) is 5.61. The first-order valence-electron chi connectivity index (χ1n) is 5.94. The molecule has 5 nitrogen and oxygen atoms in total. The van der Waals surface area contributed by atoms with Crippen LogP contribution in [0.15, 0.2) is 27.6 Å². The van der Waals surface area contributed by atoms with Crippen LogP contribution in [0, 0.1) is 0 Å². The van der Waals surface area contributed by atoms with Gasteiger partial charge in [-0.2, -0.15) is 0 Å². The van der Waals surface area contributed by atoms with Crippen LogP contribution in [0.2, 0.25) is 0 Å². The molecular weight excluding hydrogens is 330 g/mol. The summed E-state index contributed by atoms with van der Waals surface area (Å²) >= 11 is 5.02. The van der Waals surface area contributed by atoms with E-state index in [2.05, 4.69) is 21.4 Å². The van der Waals surface area contributed by atoms with Crippen molar-refractivity contribution >= 4 is 39.3 Å². The van der Waals surface area contributed by atoms with Crippen LogP contribution in [-0.4, -0.2) is 23.9 Å². The van der Waals surface area contributed by atoms with Crippen molar-refractivity contribution in [3.63, 3.8) is 0 Å². The lowest BCUT2D eigenvalue weighted by Crippen LogP contribution is -2.39. The highest BCUT2D eigenvalue weighted by Crippen LogP contribution is 2.31. The van der Waals surface area contributed by atoms with Gasteiger partial charge in [0.2, 0.25) is 0 Å². The van der Waals surface area contributed by atoms with E-state index in [9.17, 15) is 4.79 Å². The van der Waals surface area contributed by atoms with Crippen LogP contribution in [-0.2, 0) is 9.53 Å². The minimum Gasteiger partial charge on any atom is -0.398 e. The van der Waals surface area contributed by atoms with Crippen molar-refractivity contribution in [2.24, 2.45) is 5.84 Å². The maximum Gasteiger partial charge on any atom is 0.263 e. The molecule has 0 radical (unpaired) electrons. The number of carbonyl (C=O) groups excluding carboxylic acids is 1. The number of nitrogen functional groups attached to an aromatic ring is 1. The van der Waals surface area contributed by atoms with Crippen LogP contribution < -0.4 is 17.0 Å². The number of amides is 1. The zero-order valence-corrected chi connectivity index (χ0v) is 12.7. The van der Waals surface area contributed by atoms with Crippen LogP contribution in [0.25, 0.3) is 0 Å². The number of carbonyl (C=O) groups is 1. The van der Waals surface area contributed by atoms with Gasteiger partial charge in [-0.1, -0.05) is 15.9 Å². The number of rotatable bonds is 4. The van der Waals surface area contributed by atoms with Gasteiger partial charge in [0.15, 0.2) is 0 Å². The van der Waals surface area contributed by atoms with Gasteiger partial charge in [-0.15, -0.1) is 11.8 Å². The molecule has 2 atom stereocenters. The second kappa shape index (κ2) is 6.60. The third-order valence-electron chi connectivity index (χ3n) is 2.94. The predicted octanol–water partition coefficient (Wildman–Crippen LogP) is 1.66. The Hall–Kier alpha value is -0.760. The Morgan fingerprint density at radius 3 is 3.00 bits per heavy atom. The van der Waals surface area contributed by atoms with Crippen molar-refractivity contribution < 1.29 is 9.53 Å². The van der Waals surface area contributed by atoms with Crippen molar-refractivity contribution in [2.45, 2.75) is 29.9 Å². The van der Waals surface area contributed by atoms with Crippen LogP contribution in [0.5, 0.6) is 0 Å². The number of hydrazine groups is 1. The molecule has 1 aliphatic rings. The molecule has 1 fully saturated rings. The fourth-order valence-corrected chi connectivity index (χ4v) is 3.33. The normalized spacial score (nSPS) is 22.4. The minimum atomic E-state index is -0.419. The molecule has 7 heteroatoms. The Labute approximate surface area is 124 Å². The molecule has 1 aromatic rings. The van der Waals surface area contributed by atoms with Crippen molar-refractivity contribution in [3.05, 3.63) is 22.7 Å². The van der Waals surface area contributed by atoms with Gasteiger partial charge < -0.3 is 10.5 Å². The Kier molecular flexibility index (Phi) is 5.09. The van der Waals surface area contributed by atoms with E-state index in [0.717, 1.165) is 27.2 Å². The Morgan fingerprint density at radius 1 is 1.53 bits per heavy atom. The van der Waals surface area contributed by atoms with Crippen molar-refractivity contribution in [1.29, 1.82) is 0 Å². The predicted molar refractivity (Wildman–Crippen MR) is 79.5 cm³/mol. The van der Waals surface area contributed by atoms with E-state index in [-0.39, 0.29) is 12.0 Å². The second-order valence-corrected chi connectivity index (χ2v) is 6.30. The highest BCUT2D eigenvalue weighted by Gasteiger charge is 2.30. The number of ether oxygens (including phenoxy) is 1. The molecule has 2 rings (SSSR count). The summed E-state index contributed by atoms with van der Waals surface area (Å²) in [6, 6.07) is 5.81. The standard InChI is InChI=1S/C12H16BrN3O2S/c13-7-1-4-11(9(14)5-7)19-6-8-2-3-10(18-8)12(17)16-15/h1,4-5,8,10H,2-3,6,14-15H2,(H,16,17). The van der Waals surface area contributed by atoms with Crippen LogP contribution in [0.4, 0.5) is 5.69 Å². The third kappa shape index (κ3) is 3.85. The lowest BCUT2D eigenvalue weighted by molar-refractivity contribution is -0.131. The first-order valence-corrected chi connectivity index (χ1v) is 7.71. The molecule has 1 aromatic carbocycles. The van der Waals surface area contributed by atoms with E-state index >= 15 is 0 Å². The third-order valence-corrected chi connectivity index (χ3v) is 4.65. The van der Waals surface area contributed by atoms with Crippen molar-refractivity contribution in [3.8, 4) is 0 Å². The van der Waals surface area contributed by atoms with E-state index in [0.29, 0.717) is 6.42 Å². The molecule has 5 N–H and O–H groups in total. The van der Waals surface area contributed by atoms with Crippen molar-refractivity contribution in [2.75, 3.05) is 11.5 Å². The highest BCUT2D eigenvalue weighted by molar-refractivity contribution is 9.10. The van der Waals surface area contributed by atoms with Gasteiger partial charge in [-0.25, -0.2) is 5.84 Å². The molecule has 1 amide bonds. The summed E-state index contributed by atoms with van der Waals surface area (Å²) in [6.45, 7) is 0. The largest absolute Gasteiger partial charge is 0.398 e. The average molecular weight is 346 g/mol. The second-order valence-electron chi connectivity index (χ2n) is 4.33. The summed E-state index contributed by atoms with van der Waals surface area (Å²) in [6.07, 6.45) is 1.22. The number of hydrogen-bond donors (Lipinski definition) is 3. The fraction of sp³-hybridized carbons (Fsp3) is 0.417. The molecule has 1 aliphatic heterocycles. The van der Waals surface area contributed by atoms with Crippen LogP contribution >= 0.6 is 27.7 Å². The Morgan fingerprint density at radius 2 is 2.32 bits per heavy atom. The minimum absolute atomic E-state index is 0.0651. The maximum atomic E-state index is 11.3. The summed E-state index contributed by atoms with van der Waals surface area (Å²) < 4.78 is 6.60. The first kappa shape index (κ1) is 14.6. The Bertz CT molecular complexity index is 472. The molecule has 0 bridgehead atoms. The van der Waals surface area contributed by atoms with Gasteiger partial charge in [0, 0.05) is 20.8 Å². The van der Waals surface area contributed by atoms with Gasteiger partial charge in [-0.3, -0.25) is 10.2 Å². The SMILES string of the molecule is NNC(=O)C1CCC(CSc2ccc(Br)cc2N)O1. The molecule has 19 heavy (non-hydrogen) atoms. The summed E-state index contributed by atoms with van der Waals surface area (Å²) in [5, 5.41) is 0. The molecule has 1 saturated heterocycles. The van der Waals surface area contributed by atoms with Crippen molar-refractivity contribution in [1.82, 2.24) is 5.43 Å². The molecular formula is C12H16BrN3O2S. The topological polar surface area (TPSA) is 90.4 Å². The van der Waals surface area contributed by atoms with E-state index in [4.69, 9.17) is 16.3 Å². The molecule has 0 aromatic heterocycles. The number of thioether (sulfide) groups is 1. The lowest BCUT2D eigenvalue weighted by atomic mass is 10.2. The molecule has 0 spiro atoms. The monoisotopic (exact) mass is 345 g/mol. The highest BCUT2D eigenvalue weighted by atomic mass is 79.9. The molecule has 0 aliphatic carbocycles. The zero-order chi connectivity index (χ0) is 13.8. The average Bonchev–Trinajstić information content (AvgIpc) is 2.85. The number of hydrogen-bond acceptors (Lipinski definition) is 5. The van der Waals surface area contributed by atoms with E-state index < -0.39 is 6.10 Å². The van der Waals surface area contributed by atoms with Crippen LogP contribution in [0.3, 0.4) is 0 Å².